The maximum atomic E-state index is 14.4. The van der Waals surface area contributed by atoms with Crippen LogP contribution in [0.5, 0.6) is 5.75 Å². The number of carbonyl (C=O) groups excluding carboxylic acids is 2. The van der Waals surface area contributed by atoms with Gasteiger partial charge < -0.3 is 29.2 Å². The van der Waals surface area contributed by atoms with E-state index in [1.807, 2.05) is 30.5 Å². The van der Waals surface area contributed by atoms with Gasteiger partial charge in [-0.05, 0) is 74.1 Å². The number of amides is 2. The van der Waals surface area contributed by atoms with Crippen molar-refractivity contribution in [1.82, 2.24) is 18.5 Å². The van der Waals surface area contributed by atoms with E-state index in [4.69, 9.17) is 9.47 Å². The third-order valence-corrected chi connectivity index (χ3v) is 11.2. The predicted molar refractivity (Wildman–Crippen MR) is 176 cm³/mol. The molecule has 1 saturated carbocycles. The molecule has 4 atom stereocenters. The van der Waals surface area contributed by atoms with Gasteiger partial charge in [-0.2, -0.15) is 12.7 Å². The summed E-state index contributed by atoms with van der Waals surface area (Å²) in [5.74, 6) is -0.806. The highest BCUT2D eigenvalue weighted by atomic mass is 32.2. The molecule has 2 amide bonds. The van der Waals surface area contributed by atoms with Crippen LogP contribution in [0.3, 0.4) is 0 Å². The molecule has 0 radical (unpaired) electrons. The van der Waals surface area contributed by atoms with E-state index in [0.717, 1.165) is 53.1 Å². The molecule has 3 aromatic rings. The van der Waals surface area contributed by atoms with Crippen LogP contribution in [0, 0.1) is 0 Å². The van der Waals surface area contributed by atoms with E-state index < -0.39 is 33.7 Å². The number of nitrogens with one attached hydrogen (secondary N) is 1. The molecule has 2 fully saturated rings. The smallest absolute Gasteiger partial charge is 0.303 e. The van der Waals surface area contributed by atoms with E-state index in [-0.39, 0.29) is 43.3 Å². The summed E-state index contributed by atoms with van der Waals surface area (Å²) in [5, 5.41) is 25.4. The van der Waals surface area contributed by atoms with Crippen molar-refractivity contribution in [3.05, 3.63) is 53.1 Å². The summed E-state index contributed by atoms with van der Waals surface area (Å²) in [5.41, 5.74) is 1.16. The lowest BCUT2D eigenvalue weighted by molar-refractivity contribution is -0.177. The van der Waals surface area contributed by atoms with Crippen molar-refractivity contribution in [2.75, 3.05) is 34.3 Å². The average molecular weight is 669 g/mol. The van der Waals surface area contributed by atoms with Crippen LogP contribution in [0.4, 0.5) is 0 Å². The molecule has 12 nitrogen and oxygen atoms in total. The Kier molecular flexibility index (Phi) is 8.90. The third-order valence-electron chi connectivity index (χ3n) is 9.82. The molecule has 0 unspecified atom stereocenters. The number of morpholine rings is 1. The molecular weight excluding hydrogens is 624 g/mol. The van der Waals surface area contributed by atoms with Gasteiger partial charge in [0.1, 0.15) is 11.9 Å². The van der Waals surface area contributed by atoms with Gasteiger partial charge in [0.25, 0.3) is 11.8 Å². The van der Waals surface area contributed by atoms with Gasteiger partial charge in [0.15, 0.2) is 5.60 Å². The minimum atomic E-state index is -4.06. The normalized spacial score (nSPS) is 25.3. The fourth-order valence-electron chi connectivity index (χ4n) is 7.54. The van der Waals surface area contributed by atoms with Gasteiger partial charge in [-0.3, -0.25) is 9.59 Å². The minimum absolute atomic E-state index is 0.101. The zero-order valence-corrected chi connectivity index (χ0v) is 28.3. The topological polar surface area (TPSA) is 151 Å². The fourth-order valence-corrected chi connectivity index (χ4v) is 8.08. The lowest BCUT2D eigenvalue weighted by Gasteiger charge is -2.41. The number of aliphatic hydroxyl groups excluding tert-OH is 1. The Morgan fingerprint density at radius 2 is 1.72 bits per heavy atom. The molecule has 6 rings (SSSR count). The van der Waals surface area contributed by atoms with Crippen LogP contribution >= 0.6 is 0 Å². The first-order valence-corrected chi connectivity index (χ1v) is 17.6. The second-order valence-corrected chi connectivity index (χ2v) is 15.3. The Bertz CT molecular complexity index is 1810. The number of aliphatic hydroxyl groups is 2. The van der Waals surface area contributed by atoms with Crippen molar-refractivity contribution in [3.63, 3.8) is 0 Å². The largest absolute Gasteiger partial charge is 0.497 e. The van der Waals surface area contributed by atoms with Crippen LogP contribution in [-0.2, 0) is 26.3 Å². The first-order chi connectivity index (χ1) is 22.2. The highest BCUT2D eigenvalue weighted by Gasteiger charge is 2.51. The monoisotopic (exact) mass is 668 g/mol. The molecular formula is C34H44N4O8S. The highest BCUT2D eigenvalue weighted by molar-refractivity contribution is 7.87. The number of rotatable bonds is 6. The standard InChI is InChI=1S/C34H44N4O8S/c1-20-17-37(18-21(2)46-20)33(41)34(42)19-38-28-15-23(32(40)35-47(43,44)36(3)4)11-13-26(28)29(22-9-7-6-8-10-22)30(38)25-14-12-24(45-5)16-27(25)31(34)39/h11-16,20-22,31,39,42H,6-10,17-19H2,1-5H3,(H,35,40)/t20-,21+,31-,34+/m1/s1. The number of fused-ring (bicyclic) bond motifs is 5. The molecule has 13 heteroatoms. The van der Waals surface area contributed by atoms with Crippen molar-refractivity contribution in [2.24, 2.45) is 0 Å². The van der Waals surface area contributed by atoms with Crippen LogP contribution in [0.25, 0.3) is 22.2 Å². The van der Waals surface area contributed by atoms with Gasteiger partial charge in [-0.1, -0.05) is 25.3 Å². The Morgan fingerprint density at radius 3 is 2.36 bits per heavy atom. The molecule has 3 N–H and O–H groups in total. The summed E-state index contributed by atoms with van der Waals surface area (Å²) in [6.45, 7) is 3.92. The number of aromatic nitrogens is 1. The van der Waals surface area contributed by atoms with Crippen LogP contribution < -0.4 is 9.46 Å². The summed E-state index contributed by atoms with van der Waals surface area (Å²) in [6, 6.07) is 10.3. The van der Waals surface area contributed by atoms with E-state index >= 15 is 0 Å². The zero-order valence-electron chi connectivity index (χ0n) is 27.5. The second kappa shape index (κ2) is 12.5. The minimum Gasteiger partial charge on any atom is -0.497 e. The molecule has 1 aromatic heterocycles. The van der Waals surface area contributed by atoms with Crippen molar-refractivity contribution in [3.8, 4) is 17.0 Å². The number of methoxy groups -OCH3 is 1. The number of ether oxygens (including phenoxy) is 2. The Labute approximate surface area is 275 Å². The van der Waals surface area contributed by atoms with Gasteiger partial charge in [0, 0.05) is 49.2 Å². The quantitative estimate of drug-likeness (QED) is 0.362. The molecule has 1 aliphatic carbocycles. The number of carbonyl (C=O) groups is 2. The van der Waals surface area contributed by atoms with Gasteiger partial charge >= 0.3 is 10.2 Å². The van der Waals surface area contributed by atoms with Crippen molar-refractivity contribution in [1.29, 1.82) is 0 Å². The zero-order chi connectivity index (χ0) is 33.8. The first-order valence-electron chi connectivity index (χ1n) is 16.2. The molecule has 0 spiro atoms. The lowest BCUT2D eigenvalue weighted by Crippen LogP contribution is -2.59. The van der Waals surface area contributed by atoms with Gasteiger partial charge in [0.2, 0.25) is 0 Å². The summed E-state index contributed by atoms with van der Waals surface area (Å²) in [4.78, 5) is 29.2. The summed E-state index contributed by atoms with van der Waals surface area (Å²) in [6.07, 6.45) is 2.98. The van der Waals surface area contributed by atoms with Crippen LogP contribution in [-0.4, -0.2) is 96.3 Å². The fraction of sp³-hybridized carbons (Fsp3) is 0.529. The Balaban J connectivity index is 1.60. The van der Waals surface area contributed by atoms with Crippen LogP contribution in [0.15, 0.2) is 36.4 Å². The molecule has 47 heavy (non-hydrogen) atoms. The Morgan fingerprint density at radius 1 is 1.04 bits per heavy atom. The number of nitrogens with zero attached hydrogens (tertiary/aromatic N) is 3. The molecule has 2 aromatic carbocycles. The molecule has 3 heterocycles. The highest BCUT2D eigenvalue weighted by Crippen LogP contribution is 2.50. The maximum Gasteiger partial charge on any atom is 0.303 e. The van der Waals surface area contributed by atoms with E-state index in [0.29, 0.717) is 22.4 Å². The summed E-state index contributed by atoms with van der Waals surface area (Å²) >= 11 is 0. The molecule has 254 valence electrons. The van der Waals surface area contributed by atoms with Gasteiger partial charge in [0.05, 0.1) is 31.6 Å². The second-order valence-electron chi connectivity index (χ2n) is 13.4. The van der Waals surface area contributed by atoms with Crippen molar-refractivity contribution >= 4 is 32.9 Å². The first kappa shape index (κ1) is 33.4. The molecule has 0 bridgehead atoms. The average Bonchev–Trinajstić information content (AvgIpc) is 3.31. The number of benzene rings is 2. The van der Waals surface area contributed by atoms with E-state index in [1.165, 1.54) is 21.2 Å². The maximum absolute atomic E-state index is 14.4. The summed E-state index contributed by atoms with van der Waals surface area (Å²) < 4.78 is 41.3. The SMILES string of the molecule is COc1ccc2c(c1)[C@@H](O)[C@](O)(C(=O)N1C[C@@H](C)O[C@@H](C)C1)Cn1c-2c(C2CCCCC2)c2ccc(C(=O)NS(=O)(=O)N(C)C)cc21. The van der Waals surface area contributed by atoms with Gasteiger partial charge in [-0.15, -0.1) is 0 Å². The summed E-state index contributed by atoms with van der Waals surface area (Å²) in [7, 11) is 0.117. The molecule has 2 aliphatic heterocycles. The van der Waals surface area contributed by atoms with Gasteiger partial charge in [-0.25, -0.2) is 4.72 Å². The lowest BCUT2D eigenvalue weighted by atomic mass is 9.80. The van der Waals surface area contributed by atoms with Crippen molar-refractivity contribution < 1.29 is 37.7 Å². The number of hydrogen-bond acceptors (Lipinski definition) is 8. The van der Waals surface area contributed by atoms with E-state index in [1.54, 1.807) is 29.2 Å². The van der Waals surface area contributed by atoms with E-state index in [9.17, 15) is 28.2 Å². The predicted octanol–water partition coefficient (Wildman–Crippen LogP) is 3.31. The number of hydrogen-bond donors (Lipinski definition) is 3. The third kappa shape index (κ3) is 5.92. The molecule has 3 aliphatic rings. The van der Waals surface area contributed by atoms with Crippen molar-refractivity contribution in [2.45, 2.75) is 82.3 Å². The molecule has 1 saturated heterocycles. The van der Waals surface area contributed by atoms with Crippen LogP contribution in [0.1, 0.15) is 79.5 Å². The van der Waals surface area contributed by atoms with E-state index in [2.05, 4.69) is 4.72 Å². The van der Waals surface area contributed by atoms with Crippen LogP contribution in [0.2, 0.25) is 0 Å². The Hall–Kier alpha value is -3.49.